The third-order valence-corrected chi connectivity index (χ3v) is 6.34. The van der Waals surface area contributed by atoms with E-state index >= 15 is 0 Å². The van der Waals surface area contributed by atoms with Gasteiger partial charge >= 0.3 is 0 Å². The molecule has 0 bridgehead atoms. The van der Waals surface area contributed by atoms with Gasteiger partial charge in [0, 0.05) is 22.9 Å². The van der Waals surface area contributed by atoms with Gasteiger partial charge in [0.25, 0.3) is 15.9 Å². The lowest BCUT2D eigenvalue weighted by molar-refractivity contribution is 0.101. The van der Waals surface area contributed by atoms with Crippen LogP contribution in [0.3, 0.4) is 0 Å². The van der Waals surface area contributed by atoms with E-state index < -0.39 is 10.0 Å². The quantitative estimate of drug-likeness (QED) is 0.557. The summed E-state index contributed by atoms with van der Waals surface area (Å²) in [5, 5.41) is 2.73. The van der Waals surface area contributed by atoms with Crippen LogP contribution in [0.25, 0.3) is 0 Å². The maximum atomic E-state index is 12.8. The normalized spacial score (nSPS) is 11.2. The molecule has 0 atom stereocenters. The van der Waals surface area contributed by atoms with Gasteiger partial charge in [0.1, 0.15) is 11.4 Å². The van der Waals surface area contributed by atoms with Crippen molar-refractivity contribution < 1.29 is 17.9 Å². The number of carbonyl (C=O) groups is 1. The minimum Gasteiger partial charge on any atom is -0.495 e. The second kappa shape index (κ2) is 8.30. The van der Waals surface area contributed by atoms with Gasteiger partial charge in [-0.1, -0.05) is 15.9 Å². The molecule has 152 valence electrons. The molecule has 0 fully saturated rings. The molecule has 0 aliphatic rings. The van der Waals surface area contributed by atoms with E-state index in [4.69, 9.17) is 4.74 Å². The third-order valence-electron chi connectivity index (χ3n) is 4.43. The molecule has 2 N–H and O–H groups in total. The fraction of sp³-hybridized carbons (Fsp3) is 0.150. The van der Waals surface area contributed by atoms with Gasteiger partial charge in [0.15, 0.2) is 0 Å². The molecule has 0 saturated carbocycles. The molecule has 3 rings (SSSR count). The van der Waals surface area contributed by atoms with Crippen molar-refractivity contribution in [1.29, 1.82) is 0 Å². The predicted octanol–water partition coefficient (Wildman–Crippen LogP) is 4.16. The third kappa shape index (κ3) is 4.63. The summed E-state index contributed by atoms with van der Waals surface area (Å²) in [6.07, 6.45) is 0. The Morgan fingerprint density at radius 3 is 2.34 bits per heavy atom. The molecule has 3 aromatic rings. The number of hydrogen-bond donors (Lipinski definition) is 2. The first kappa shape index (κ1) is 20.9. The number of sulfonamides is 1. The zero-order chi connectivity index (χ0) is 21.2. The van der Waals surface area contributed by atoms with Crippen LogP contribution < -0.4 is 14.8 Å². The number of nitrogens with one attached hydrogen (secondary N) is 2. The lowest BCUT2D eigenvalue weighted by Gasteiger charge is -2.14. The maximum Gasteiger partial charge on any atom is 0.272 e. The van der Waals surface area contributed by atoms with Crippen molar-refractivity contribution >= 4 is 43.2 Å². The standard InChI is InChI=1S/C20H20BrN3O4S/c1-13-4-10-18(24(13)2)20(25)22-17-12-16(9-11-19(17)28-3)29(26,27)23-15-7-5-14(21)6-8-15/h4-12,23H,1-3H3,(H,22,25). The number of aromatic nitrogens is 1. The maximum absolute atomic E-state index is 12.8. The highest BCUT2D eigenvalue weighted by molar-refractivity contribution is 9.10. The fourth-order valence-electron chi connectivity index (χ4n) is 2.71. The number of nitrogens with zero attached hydrogens (tertiary/aromatic N) is 1. The summed E-state index contributed by atoms with van der Waals surface area (Å²) in [7, 11) is -0.623. The van der Waals surface area contributed by atoms with Crippen LogP contribution >= 0.6 is 15.9 Å². The second-order valence-corrected chi connectivity index (χ2v) is 8.95. The largest absolute Gasteiger partial charge is 0.495 e. The first-order chi connectivity index (χ1) is 13.7. The molecule has 0 saturated heterocycles. The number of rotatable bonds is 6. The topological polar surface area (TPSA) is 89.4 Å². The summed E-state index contributed by atoms with van der Waals surface area (Å²) < 4.78 is 35.9. The highest BCUT2D eigenvalue weighted by atomic mass is 79.9. The Balaban J connectivity index is 1.90. The number of ether oxygens (including phenoxy) is 1. The number of benzene rings is 2. The molecule has 0 radical (unpaired) electrons. The molecule has 7 nitrogen and oxygen atoms in total. The van der Waals surface area contributed by atoms with E-state index in [9.17, 15) is 13.2 Å². The van der Waals surface area contributed by atoms with Crippen LogP contribution in [-0.2, 0) is 17.1 Å². The summed E-state index contributed by atoms with van der Waals surface area (Å²) >= 11 is 3.31. The summed E-state index contributed by atoms with van der Waals surface area (Å²) in [6.45, 7) is 1.89. The molecule has 0 unspecified atom stereocenters. The average Bonchev–Trinajstić information content (AvgIpc) is 3.02. The van der Waals surface area contributed by atoms with Gasteiger partial charge < -0.3 is 14.6 Å². The minimum absolute atomic E-state index is 0.000388. The lowest BCUT2D eigenvalue weighted by Crippen LogP contribution is -2.18. The number of amides is 1. The van der Waals surface area contributed by atoms with E-state index in [2.05, 4.69) is 26.0 Å². The second-order valence-electron chi connectivity index (χ2n) is 6.35. The van der Waals surface area contributed by atoms with Crippen molar-refractivity contribution in [2.75, 3.05) is 17.1 Å². The highest BCUT2D eigenvalue weighted by Gasteiger charge is 2.19. The van der Waals surface area contributed by atoms with Gasteiger partial charge in [-0.25, -0.2) is 8.42 Å². The molecular formula is C20H20BrN3O4S. The monoisotopic (exact) mass is 477 g/mol. The van der Waals surface area contributed by atoms with Crippen molar-refractivity contribution in [3.8, 4) is 5.75 Å². The molecule has 0 spiro atoms. The van der Waals surface area contributed by atoms with E-state index in [-0.39, 0.29) is 16.5 Å². The van der Waals surface area contributed by atoms with Crippen LogP contribution in [0.5, 0.6) is 5.75 Å². The molecule has 0 aliphatic carbocycles. The van der Waals surface area contributed by atoms with Gasteiger partial charge in [-0.15, -0.1) is 0 Å². The van der Waals surface area contributed by atoms with Crippen LogP contribution in [0.1, 0.15) is 16.2 Å². The first-order valence-corrected chi connectivity index (χ1v) is 10.9. The molecular weight excluding hydrogens is 458 g/mol. The minimum atomic E-state index is -3.86. The van der Waals surface area contributed by atoms with Gasteiger partial charge in [-0.05, 0) is 61.5 Å². The van der Waals surface area contributed by atoms with Crippen LogP contribution in [0.15, 0.2) is 64.0 Å². The van der Waals surface area contributed by atoms with Crippen LogP contribution in [0.4, 0.5) is 11.4 Å². The number of carbonyl (C=O) groups excluding carboxylic acids is 1. The van der Waals surface area contributed by atoms with Crippen LogP contribution in [-0.4, -0.2) is 26.0 Å². The summed E-state index contributed by atoms with van der Waals surface area (Å²) in [5.41, 5.74) is 2.06. The van der Waals surface area contributed by atoms with Crippen molar-refractivity contribution in [3.63, 3.8) is 0 Å². The van der Waals surface area contributed by atoms with Crippen molar-refractivity contribution in [1.82, 2.24) is 4.57 Å². The van der Waals surface area contributed by atoms with E-state index in [0.29, 0.717) is 17.1 Å². The number of methoxy groups -OCH3 is 1. The summed E-state index contributed by atoms with van der Waals surface area (Å²) in [5.74, 6) is -0.0128. The van der Waals surface area contributed by atoms with E-state index in [1.165, 1.54) is 25.3 Å². The predicted molar refractivity (Wildman–Crippen MR) is 116 cm³/mol. The number of halogens is 1. The van der Waals surface area contributed by atoms with Crippen LogP contribution in [0, 0.1) is 6.92 Å². The van der Waals surface area contributed by atoms with Gasteiger partial charge in [-0.3, -0.25) is 9.52 Å². The van der Waals surface area contributed by atoms with E-state index in [1.54, 1.807) is 41.9 Å². The van der Waals surface area contributed by atoms with Gasteiger partial charge in [0.2, 0.25) is 0 Å². The Morgan fingerprint density at radius 1 is 1.07 bits per heavy atom. The summed E-state index contributed by atoms with van der Waals surface area (Å²) in [4.78, 5) is 12.6. The SMILES string of the molecule is COc1ccc(S(=O)(=O)Nc2ccc(Br)cc2)cc1NC(=O)c1ccc(C)n1C. The molecule has 1 heterocycles. The van der Waals surface area contributed by atoms with Crippen molar-refractivity contribution in [3.05, 3.63) is 70.5 Å². The molecule has 1 amide bonds. The number of anilines is 2. The van der Waals surface area contributed by atoms with E-state index in [1.807, 2.05) is 13.0 Å². The Bertz CT molecular complexity index is 1150. The first-order valence-electron chi connectivity index (χ1n) is 8.61. The zero-order valence-corrected chi connectivity index (χ0v) is 18.5. The molecule has 9 heteroatoms. The average molecular weight is 478 g/mol. The Hall–Kier alpha value is -2.78. The van der Waals surface area contributed by atoms with Crippen molar-refractivity contribution in [2.24, 2.45) is 7.05 Å². The smallest absolute Gasteiger partial charge is 0.272 e. The molecule has 1 aromatic heterocycles. The molecule has 2 aromatic carbocycles. The Kier molecular flexibility index (Phi) is 5.99. The lowest BCUT2D eigenvalue weighted by atomic mass is 10.2. The Morgan fingerprint density at radius 2 is 1.76 bits per heavy atom. The number of hydrogen-bond acceptors (Lipinski definition) is 4. The highest BCUT2D eigenvalue weighted by Crippen LogP contribution is 2.29. The van der Waals surface area contributed by atoms with Gasteiger partial charge in [0.05, 0.1) is 17.7 Å². The zero-order valence-electron chi connectivity index (χ0n) is 16.1. The van der Waals surface area contributed by atoms with Gasteiger partial charge in [-0.2, -0.15) is 0 Å². The van der Waals surface area contributed by atoms with Crippen LogP contribution in [0.2, 0.25) is 0 Å². The van der Waals surface area contributed by atoms with E-state index in [0.717, 1.165) is 10.2 Å². The molecule has 29 heavy (non-hydrogen) atoms. The fourth-order valence-corrected chi connectivity index (χ4v) is 4.06. The number of aryl methyl sites for hydroxylation is 1. The van der Waals surface area contributed by atoms with Crippen molar-refractivity contribution in [2.45, 2.75) is 11.8 Å². The Labute approximate surface area is 177 Å². The summed E-state index contributed by atoms with van der Waals surface area (Å²) in [6, 6.07) is 14.6. The molecule has 0 aliphatic heterocycles.